The van der Waals surface area contributed by atoms with Crippen molar-refractivity contribution in [3.63, 3.8) is 0 Å². The van der Waals surface area contributed by atoms with E-state index < -0.39 is 0 Å². The highest BCUT2D eigenvalue weighted by Gasteiger charge is 2.13. The SMILES string of the molecule is C/C=C(\C=NC)c1cc(Oc2cccc(C(=O)NCc3ccc(OC)cc3)c2C)ccn1. The molecule has 3 rings (SSSR count). The Morgan fingerprint density at radius 2 is 1.91 bits per heavy atom. The topological polar surface area (TPSA) is 72.8 Å². The van der Waals surface area contributed by atoms with Gasteiger partial charge >= 0.3 is 0 Å². The van der Waals surface area contributed by atoms with Crippen molar-refractivity contribution in [3.8, 4) is 17.2 Å². The maximum Gasteiger partial charge on any atom is 0.251 e. The highest BCUT2D eigenvalue weighted by atomic mass is 16.5. The van der Waals surface area contributed by atoms with Crippen LogP contribution in [0.25, 0.3) is 5.57 Å². The molecule has 0 aliphatic heterocycles. The van der Waals surface area contributed by atoms with Gasteiger partial charge in [0.1, 0.15) is 17.2 Å². The van der Waals surface area contributed by atoms with Crippen molar-refractivity contribution in [2.45, 2.75) is 20.4 Å². The Kier molecular flexibility index (Phi) is 7.75. The maximum absolute atomic E-state index is 12.8. The second-order valence-corrected chi connectivity index (χ2v) is 7.07. The molecule has 1 heterocycles. The van der Waals surface area contributed by atoms with Gasteiger partial charge in [-0.25, -0.2) is 0 Å². The molecule has 0 fully saturated rings. The van der Waals surface area contributed by atoms with Gasteiger partial charge in [0.05, 0.1) is 12.8 Å². The van der Waals surface area contributed by atoms with Gasteiger partial charge in [-0.3, -0.25) is 14.8 Å². The zero-order valence-corrected chi connectivity index (χ0v) is 18.8. The minimum atomic E-state index is -0.158. The number of nitrogens with zero attached hydrogens (tertiary/aromatic N) is 2. The molecule has 0 aliphatic carbocycles. The predicted molar refractivity (Wildman–Crippen MR) is 128 cm³/mol. The van der Waals surface area contributed by atoms with Crippen molar-refractivity contribution >= 4 is 17.7 Å². The molecule has 0 spiro atoms. The van der Waals surface area contributed by atoms with E-state index in [-0.39, 0.29) is 5.91 Å². The number of amides is 1. The van der Waals surface area contributed by atoms with Crippen LogP contribution >= 0.6 is 0 Å². The van der Waals surface area contributed by atoms with Crippen molar-refractivity contribution in [3.05, 3.63) is 89.3 Å². The Balaban J connectivity index is 1.74. The zero-order chi connectivity index (χ0) is 22.9. The lowest BCUT2D eigenvalue weighted by Crippen LogP contribution is -2.23. The number of hydrogen-bond acceptors (Lipinski definition) is 5. The third-order valence-electron chi connectivity index (χ3n) is 4.98. The summed E-state index contributed by atoms with van der Waals surface area (Å²) < 4.78 is 11.3. The zero-order valence-electron chi connectivity index (χ0n) is 18.8. The van der Waals surface area contributed by atoms with Crippen LogP contribution in [-0.2, 0) is 6.54 Å². The molecule has 3 aromatic rings. The van der Waals surface area contributed by atoms with E-state index in [1.807, 2.05) is 62.4 Å². The van der Waals surface area contributed by atoms with Gasteiger partial charge in [0.2, 0.25) is 0 Å². The van der Waals surface area contributed by atoms with Crippen LogP contribution in [0.4, 0.5) is 0 Å². The highest BCUT2D eigenvalue weighted by Crippen LogP contribution is 2.28. The average Bonchev–Trinajstić information content (AvgIpc) is 2.83. The Morgan fingerprint density at radius 1 is 1.12 bits per heavy atom. The van der Waals surface area contributed by atoms with Crippen molar-refractivity contribution in [1.82, 2.24) is 10.3 Å². The number of pyridine rings is 1. The van der Waals surface area contributed by atoms with Crippen molar-refractivity contribution in [2.75, 3.05) is 14.2 Å². The number of carbonyl (C=O) groups excluding carboxylic acids is 1. The molecule has 32 heavy (non-hydrogen) atoms. The smallest absolute Gasteiger partial charge is 0.251 e. The van der Waals surface area contributed by atoms with Crippen LogP contribution in [0.2, 0.25) is 0 Å². The molecule has 0 bridgehead atoms. The lowest BCUT2D eigenvalue weighted by atomic mass is 10.1. The van der Waals surface area contributed by atoms with Gasteiger partial charge in [-0.15, -0.1) is 0 Å². The number of allylic oxidation sites excluding steroid dienone is 2. The van der Waals surface area contributed by atoms with E-state index in [1.165, 1.54) is 0 Å². The van der Waals surface area contributed by atoms with Crippen LogP contribution in [-0.4, -0.2) is 31.3 Å². The third kappa shape index (κ3) is 5.60. The molecule has 1 aromatic heterocycles. The van der Waals surface area contributed by atoms with Crippen LogP contribution in [0, 0.1) is 6.92 Å². The first kappa shape index (κ1) is 22.7. The molecule has 6 heteroatoms. The van der Waals surface area contributed by atoms with Crippen molar-refractivity contribution < 1.29 is 14.3 Å². The van der Waals surface area contributed by atoms with Gasteiger partial charge in [0.25, 0.3) is 5.91 Å². The van der Waals surface area contributed by atoms with E-state index in [0.717, 1.165) is 28.1 Å². The monoisotopic (exact) mass is 429 g/mol. The molecule has 0 saturated heterocycles. The first-order chi connectivity index (χ1) is 15.5. The number of nitrogens with one attached hydrogen (secondary N) is 1. The normalized spacial score (nSPS) is 11.4. The molecule has 2 aromatic carbocycles. The van der Waals surface area contributed by atoms with E-state index in [9.17, 15) is 4.79 Å². The number of benzene rings is 2. The van der Waals surface area contributed by atoms with Crippen molar-refractivity contribution in [1.29, 1.82) is 0 Å². The van der Waals surface area contributed by atoms with Gasteiger partial charge < -0.3 is 14.8 Å². The van der Waals surface area contributed by atoms with Crippen LogP contribution in [0.1, 0.15) is 34.1 Å². The molecule has 0 unspecified atom stereocenters. The Hall–Kier alpha value is -3.93. The van der Waals surface area contributed by atoms with Crippen LogP contribution in [0.15, 0.2) is 71.9 Å². The summed E-state index contributed by atoms with van der Waals surface area (Å²) in [4.78, 5) is 21.3. The van der Waals surface area contributed by atoms with E-state index in [1.54, 1.807) is 38.7 Å². The van der Waals surface area contributed by atoms with E-state index in [2.05, 4.69) is 15.3 Å². The van der Waals surface area contributed by atoms with E-state index in [4.69, 9.17) is 9.47 Å². The second kappa shape index (κ2) is 10.9. The number of ether oxygens (including phenoxy) is 2. The summed E-state index contributed by atoms with van der Waals surface area (Å²) in [5.74, 6) is 1.88. The largest absolute Gasteiger partial charge is 0.497 e. The van der Waals surface area contributed by atoms with Gasteiger partial charge in [0.15, 0.2) is 0 Å². The van der Waals surface area contributed by atoms with Gasteiger partial charge in [0, 0.05) is 48.8 Å². The maximum atomic E-state index is 12.8. The molecule has 1 N–H and O–H groups in total. The fraction of sp³-hybridized carbons (Fsp3) is 0.192. The number of aromatic nitrogens is 1. The standard InChI is InChI=1S/C26H27N3O3/c1-5-20(17-27-3)24-15-22(13-14-28-24)32-25-8-6-7-23(18(25)2)26(30)29-16-19-9-11-21(31-4)12-10-19/h5-15,17H,16H2,1-4H3,(H,29,30)/b20-5+,27-17?. The van der Waals surface area contributed by atoms with Crippen LogP contribution in [0.5, 0.6) is 17.2 Å². The Labute approximate surface area is 188 Å². The number of methoxy groups -OCH3 is 1. The lowest BCUT2D eigenvalue weighted by molar-refractivity contribution is 0.0950. The summed E-state index contributed by atoms with van der Waals surface area (Å²) in [6.07, 6.45) is 5.39. The number of hydrogen-bond donors (Lipinski definition) is 1. The van der Waals surface area contributed by atoms with Gasteiger partial charge in [-0.05, 0) is 49.7 Å². The first-order valence-electron chi connectivity index (χ1n) is 10.3. The molecular formula is C26H27N3O3. The predicted octanol–water partition coefficient (Wildman–Crippen LogP) is 5.22. The number of carbonyl (C=O) groups is 1. The first-order valence-corrected chi connectivity index (χ1v) is 10.3. The number of rotatable bonds is 8. The van der Waals surface area contributed by atoms with Gasteiger partial charge in [-0.2, -0.15) is 0 Å². The average molecular weight is 430 g/mol. The van der Waals surface area contributed by atoms with E-state index in [0.29, 0.717) is 23.6 Å². The quantitative estimate of drug-likeness (QED) is 0.498. The fourth-order valence-corrected chi connectivity index (χ4v) is 3.18. The second-order valence-electron chi connectivity index (χ2n) is 7.07. The summed E-state index contributed by atoms with van der Waals surface area (Å²) in [5, 5.41) is 2.96. The van der Waals surface area contributed by atoms with Crippen molar-refractivity contribution in [2.24, 2.45) is 4.99 Å². The van der Waals surface area contributed by atoms with Crippen LogP contribution in [0.3, 0.4) is 0 Å². The highest BCUT2D eigenvalue weighted by molar-refractivity contribution is 6.08. The molecule has 6 nitrogen and oxygen atoms in total. The fourth-order valence-electron chi connectivity index (χ4n) is 3.18. The summed E-state index contributed by atoms with van der Waals surface area (Å²) in [5.41, 5.74) is 3.99. The molecule has 0 atom stereocenters. The Bertz CT molecular complexity index is 1140. The van der Waals surface area contributed by atoms with E-state index >= 15 is 0 Å². The number of aliphatic imine (C=N–C) groups is 1. The van der Waals surface area contributed by atoms with Gasteiger partial charge in [-0.1, -0.05) is 24.3 Å². The Morgan fingerprint density at radius 3 is 2.59 bits per heavy atom. The minimum absolute atomic E-state index is 0.158. The molecule has 0 radical (unpaired) electrons. The third-order valence-corrected chi connectivity index (χ3v) is 4.98. The summed E-state index contributed by atoms with van der Waals surface area (Å²) in [6.45, 7) is 4.23. The van der Waals surface area contributed by atoms with Crippen LogP contribution < -0.4 is 14.8 Å². The molecule has 1 amide bonds. The summed E-state index contributed by atoms with van der Waals surface area (Å²) in [7, 11) is 3.35. The lowest BCUT2D eigenvalue weighted by Gasteiger charge is -2.13. The molecule has 0 aliphatic rings. The molecular weight excluding hydrogens is 402 g/mol. The minimum Gasteiger partial charge on any atom is -0.497 e. The molecule has 0 saturated carbocycles. The summed E-state index contributed by atoms with van der Waals surface area (Å²) >= 11 is 0. The molecule has 164 valence electrons. The summed E-state index contributed by atoms with van der Waals surface area (Å²) in [6, 6.07) is 16.7.